The van der Waals surface area contributed by atoms with E-state index in [4.69, 9.17) is 0 Å². The number of likely N-dealkylation sites (tertiary alicyclic amines) is 1. The van der Waals surface area contributed by atoms with Crippen LogP contribution >= 0.6 is 11.3 Å². The highest BCUT2D eigenvalue weighted by Crippen LogP contribution is 2.38. The van der Waals surface area contributed by atoms with Gasteiger partial charge in [0.15, 0.2) is 5.13 Å². The van der Waals surface area contributed by atoms with Crippen LogP contribution in [0.25, 0.3) is 10.2 Å². The maximum Gasteiger partial charge on any atom is 0.237 e. The van der Waals surface area contributed by atoms with Crippen molar-refractivity contribution in [3.8, 4) is 0 Å². The Hall–Kier alpha value is -3.26. The van der Waals surface area contributed by atoms with E-state index in [1.165, 1.54) is 0 Å². The number of hydrogen-bond donors (Lipinski definition) is 2. The van der Waals surface area contributed by atoms with Crippen LogP contribution < -0.4 is 5.32 Å². The van der Waals surface area contributed by atoms with Gasteiger partial charge in [0.2, 0.25) is 5.91 Å². The van der Waals surface area contributed by atoms with Gasteiger partial charge in [-0.2, -0.15) is 0 Å². The predicted molar refractivity (Wildman–Crippen MR) is 156 cm³/mol. The molecule has 198 valence electrons. The van der Waals surface area contributed by atoms with Crippen LogP contribution in [0.3, 0.4) is 0 Å². The molecule has 3 aromatic carbocycles. The largest absolute Gasteiger partial charge is 0.388 e. The van der Waals surface area contributed by atoms with Crippen LogP contribution in [0, 0.1) is 0 Å². The Balaban J connectivity index is 1.27. The summed E-state index contributed by atoms with van der Waals surface area (Å²) in [6.07, 6.45) is 2.02. The van der Waals surface area contributed by atoms with Crippen LogP contribution in [0.2, 0.25) is 0 Å². The Labute approximate surface area is 228 Å². The molecular weight excluding hydrogens is 492 g/mol. The molecule has 1 aliphatic heterocycles. The zero-order valence-electron chi connectivity index (χ0n) is 22.1. The number of aromatic nitrogens is 1. The average molecular weight is 529 g/mol. The minimum Gasteiger partial charge on any atom is -0.388 e. The number of thiazole rings is 1. The van der Waals surface area contributed by atoms with Crippen molar-refractivity contribution in [2.75, 3.05) is 45.6 Å². The number of nitrogens with one attached hydrogen (secondary N) is 1. The van der Waals surface area contributed by atoms with Crippen molar-refractivity contribution in [2.45, 2.75) is 30.3 Å². The monoisotopic (exact) mass is 528 g/mol. The van der Waals surface area contributed by atoms with E-state index in [-0.39, 0.29) is 5.91 Å². The Kier molecular flexibility index (Phi) is 7.79. The van der Waals surface area contributed by atoms with E-state index in [1.54, 1.807) is 16.2 Å². The molecule has 2 N–H and O–H groups in total. The van der Waals surface area contributed by atoms with Crippen molar-refractivity contribution in [3.05, 3.63) is 96.1 Å². The molecule has 1 amide bonds. The minimum absolute atomic E-state index is 0.0865. The number of fused-ring (bicyclic) bond motifs is 1. The Morgan fingerprint density at radius 2 is 1.55 bits per heavy atom. The Morgan fingerprint density at radius 1 is 0.974 bits per heavy atom. The molecular formula is C31H36N4O2S. The zero-order chi connectivity index (χ0) is 26.6. The first-order valence-corrected chi connectivity index (χ1v) is 14.1. The van der Waals surface area contributed by atoms with Gasteiger partial charge in [-0.1, -0.05) is 84.1 Å². The maximum atomic E-state index is 13.9. The molecule has 0 unspecified atom stereocenters. The molecule has 0 atom stereocenters. The molecule has 7 heteroatoms. The summed E-state index contributed by atoms with van der Waals surface area (Å²) in [4.78, 5) is 22.6. The number of aliphatic hydroxyl groups is 1. The van der Waals surface area contributed by atoms with Gasteiger partial charge in [0, 0.05) is 33.7 Å². The van der Waals surface area contributed by atoms with E-state index in [0.29, 0.717) is 25.8 Å². The lowest BCUT2D eigenvalue weighted by molar-refractivity contribution is -0.133. The van der Waals surface area contributed by atoms with Gasteiger partial charge < -0.3 is 20.2 Å². The number of likely N-dealkylation sites (N-methyl/N-ethyl adjacent to an activating group) is 1. The third kappa shape index (κ3) is 5.46. The molecule has 0 saturated carbocycles. The molecule has 4 aromatic rings. The van der Waals surface area contributed by atoms with Crippen LogP contribution in [0.15, 0.2) is 84.9 Å². The minimum atomic E-state index is -0.774. The van der Waals surface area contributed by atoms with Crippen LogP contribution in [0.1, 0.15) is 30.4 Å². The highest BCUT2D eigenvalue weighted by molar-refractivity contribution is 7.22. The molecule has 0 spiro atoms. The second-order valence-corrected chi connectivity index (χ2v) is 11.5. The van der Waals surface area contributed by atoms with E-state index < -0.39 is 11.0 Å². The number of anilines is 1. The lowest BCUT2D eigenvalue weighted by Gasteiger charge is -2.41. The first-order chi connectivity index (χ1) is 18.4. The second-order valence-electron chi connectivity index (χ2n) is 10.5. The normalized spacial score (nSPS) is 15.9. The third-order valence-electron chi connectivity index (χ3n) is 7.76. The van der Waals surface area contributed by atoms with Crippen molar-refractivity contribution >= 4 is 32.6 Å². The number of amides is 1. The highest BCUT2D eigenvalue weighted by Gasteiger charge is 2.43. The maximum absolute atomic E-state index is 13.9. The number of hydrogen-bond acceptors (Lipinski definition) is 6. The van der Waals surface area contributed by atoms with Gasteiger partial charge in [0.25, 0.3) is 0 Å². The number of benzene rings is 3. The first-order valence-electron chi connectivity index (χ1n) is 13.3. The first kappa shape index (κ1) is 26.4. The molecule has 0 radical (unpaired) electrons. The van der Waals surface area contributed by atoms with Crippen molar-refractivity contribution in [2.24, 2.45) is 0 Å². The molecule has 0 bridgehead atoms. The molecule has 1 aromatic heterocycles. The zero-order valence-corrected chi connectivity index (χ0v) is 23.0. The number of piperidine rings is 1. The van der Waals surface area contributed by atoms with Crippen LogP contribution in [-0.4, -0.2) is 71.7 Å². The molecule has 5 rings (SSSR count). The number of carbonyl (C=O) groups is 1. The fraction of sp³-hybridized carbons (Fsp3) is 0.355. The third-order valence-corrected chi connectivity index (χ3v) is 8.75. The summed E-state index contributed by atoms with van der Waals surface area (Å²) in [5.74, 6) is 0.0865. The Bertz CT molecular complexity index is 1280. The van der Waals surface area contributed by atoms with Crippen molar-refractivity contribution in [1.82, 2.24) is 14.8 Å². The average Bonchev–Trinajstić information content (AvgIpc) is 3.38. The van der Waals surface area contributed by atoms with Gasteiger partial charge in [-0.05, 0) is 49.1 Å². The van der Waals surface area contributed by atoms with Crippen LogP contribution in [0.5, 0.6) is 0 Å². The number of carbonyl (C=O) groups excluding carboxylic acids is 1. The summed E-state index contributed by atoms with van der Waals surface area (Å²) in [7, 11) is 3.67. The molecule has 2 heterocycles. The standard InChI is InChI=1S/C31H36N4O2S/c1-34(2)28(36)31(24-11-5-3-6-12-24,25-13-7-4-8-14-25)19-22-35-20-17-30(37,18-21-35)23-32-29-33-26-15-9-10-16-27(26)38-29/h3-16,37H,17-23H2,1-2H3,(H,32,33). The predicted octanol–water partition coefficient (Wildman–Crippen LogP) is 5.00. The second kappa shape index (κ2) is 11.2. The van der Waals surface area contributed by atoms with Gasteiger partial charge in [0.1, 0.15) is 5.41 Å². The quantitative estimate of drug-likeness (QED) is 0.320. The fourth-order valence-electron chi connectivity index (χ4n) is 5.52. The fourth-order valence-corrected chi connectivity index (χ4v) is 6.38. The van der Waals surface area contributed by atoms with Gasteiger partial charge in [-0.15, -0.1) is 0 Å². The molecule has 6 nitrogen and oxygen atoms in total. The van der Waals surface area contributed by atoms with Crippen molar-refractivity contribution in [3.63, 3.8) is 0 Å². The molecule has 0 aliphatic carbocycles. The van der Waals surface area contributed by atoms with Crippen molar-refractivity contribution in [1.29, 1.82) is 0 Å². The van der Waals surface area contributed by atoms with E-state index in [1.807, 2.05) is 68.7 Å². The summed E-state index contributed by atoms with van der Waals surface area (Å²) >= 11 is 1.62. The van der Waals surface area contributed by atoms with Gasteiger partial charge >= 0.3 is 0 Å². The summed E-state index contributed by atoms with van der Waals surface area (Å²) in [5, 5.41) is 15.5. The molecule has 38 heavy (non-hydrogen) atoms. The number of nitrogens with zero attached hydrogens (tertiary/aromatic N) is 3. The highest BCUT2D eigenvalue weighted by atomic mass is 32.1. The lowest BCUT2D eigenvalue weighted by Crippen LogP contribution is -2.51. The molecule has 1 fully saturated rings. The smallest absolute Gasteiger partial charge is 0.237 e. The summed E-state index contributed by atoms with van der Waals surface area (Å²) < 4.78 is 1.14. The molecule has 1 saturated heterocycles. The lowest BCUT2D eigenvalue weighted by atomic mass is 9.70. The van der Waals surface area contributed by atoms with Crippen LogP contribution in [-0.2, 0) is 10.2 Å². The summed E-state index contributed by atoms with van der Waals surface area (Å²) in [6, 6.07) is 28.4. The van der Waals surface area contributed by atoms with Gasteiger partial charge in [-0.3, -0.25) is 4.79 Å². The van der Waals surface area contributed by atoms with E-state index in [2.05, 4.69) is 45.5 Å². The number of para-hydroxylation sites is 1. The summed E-state index contributed by atoms with van der Waals surface area (Å²) in [6.45, 7) is 2.82. The van der Waals surface area contributed by atoms with Crippen molar-refractivity contribution < 1.29 is 9.90 Å². The Morgan fingerprint density at radius 3 is 2.13 bits per heavy atom. The van der Waals surface area contributed by atoms with E-state index in [0.717, 1.165) is 46.1 Å². The van der Waals surface area contributed by atoms with Crippen LogP contribution in [0.4, 0.5) is 5.13 Å². The van der Waals surface area contributed by atoms with Gasteiger partial charge in [-0.25, -0.2) is 4.98 Å². The summed E-state index contributed by atoms with van der Waals surface area (Å²) in [5.41, 5.74) is 1.46. The number of rotatable bonds is 9. The molecule has 1 aliphatic rings. The van der Waals surface area contributed by atoms with E-state index in [9.17, 15) is 9.90 Å². The van der Waals surface area contributed by atoms with Gasteiger partial charge in [0.05, 0.1) is 15.8 Å². The van der Waals surface area contributed by atoms with E-state index >= 15 is 0 Å². The SMILES string of the molecule is CN(C)C(=O)C(CCN1CCC(O)(CNc2nc3ccccc3s2)CC1)(c1ccccc1)c1ccccc1. The topological polar surface area (TPSA) is 68.7 Å².